The molecule has 1 saturated heterocycles. The summed E-state index contributed by atoms with van der Waals surface area (Å²) in [6.45, 7) is 0.841. The van der Waals surface area contributed by atoms with Gasteiger partial charge in [-0.15, -0.1) is 0 Å². The van der Waals surface area contributed by atoms with Gasteiger partial charge in [-0.05, 0) is 12.8 Å². The third kappa shape index (κ3) is 3.42. The van der Waals surface area contributed by atoms with Gasteiger partial charge in [-0.25, -0.2) is 27.5 Å². The lowest BCUT2D eigenvalue weighted by molar-refractivity contribution is 0.0697. The molecule has 9 heteroatoms. The Balaban J connectivity index is 2.02. The molecule has 8 nitrogen and oxygen atoms in total. The number of nitrogens with zero attached hydrogens (tertiary/aromatic N) is 3. The highest BCUT2D eigenvalue weighted by molar-refractivity contribution is 7.88. The minimum absolute atomic E-state index is 0.000926. The molecule has 1 aliphatic rings. The molecular weight excluding hydrogens is 284 g/mol. The van der Waals surface area contributed by atoms with Crippen molar-refractivity contribution < 1.29 is 18.3 Å². The van der Waals surface area contributed by atoms with Gasteiger partial charge in [0.2, 0.25) is 10.0 Å². The van der Waals surface area contributed by atoms with E-state index in [1.54, 1.807) is 0 Å². The number of aromatic nitrogens is 2. The van der Waals surface area contributed by atoms with E-state index in [9.17, 15) is 13.2 Å². The van der Waals surface area contributed by atoms with Crippen molar-refractivity contribution >= 4 is 21.8 Å². The third-order valence-corrected chi connectivity index (χ3v) is 4.51. The highest BCUT2D eigenvalue weighted by Crippen LogP contribution is 2.18. The molecule has 2 heterocycles. The Kier molecular flexibility index (Phi) is 4.19. The monoisotopic (exact) mass is 300 g/mol. The second-order valence-corrected chi connectivity index (χ2v) is 6.65. The molecule has 1 aliphatic heterocycles. The van der Waals surface area contributed by atoms with E-state index in [2.05, 4.69) is 15.3 Å². The van der Waals surface area contributed by atoms with Gasteiger partial charge in [0, 0.05) is 25.3 Å². The smallest absolute Gasteiger partial charge is 0.341 e. The molecule has 1 aromatic heterocycles. The average Bonchev–Trinajstić information content (AvgIpc) is 2.38. The van der Waals surface area contributed by atoms with Gasteiger partial charge >= 0.3 is 5.97 Å². The van der Waals surface area contributed by atoms with E-state index < -0.39 is 16.0 Å². The molecule has 2 rings (SSSR count). The fourth-order valence-electron chi connectivity index (χ4n) is 2.13. The molecule has 0 aromatic carbocycles. The fraction of sp³-hybridized carbons (Fsp3) is 0.545. The van der Waals surface area contributed by atoms with Crippen LogP contribution in [0.1, 0.15) is 23.2 Å². The van der Waals surface area contributed by atoms with Gasteiger partial charge < -0.3 is 10.4 Å². The molecule has 1 fully saturated rings. The highest BCUT2D eigenvalue weighted by atomic mass is 32.2. The average molecular weight is 300 g/mol. The third-order valence-electron chi connectivity index (χ3n) is 3.21. The summed E-state index contributed by atoms with van der Waals surface area (Å²) in [6, 6.07) is 0.000926. The number of sulfonamides is 1. The lowest BCUT2D eigenvalue weighted by Crippen LogP contribution is -2.42. The largest absolute Gasteiger partial charge is 0.477 e. The van der Waals surface area contributed by atoms with Gasteiger partial charge in [0.25, 0.3) is 0 Å². The van der Waals surface area contributed by atoms with Crippen LogP contribution in [0.4, 0.5) is 5.82 Å². The van der Waals surface area contributed by atoms with Crippen LogP contribution < -0.4 is 5.32 Å². The maximum absolute atomic E-state index is 11.4. The summed E-state index contributed by atoms with van der Waals surface area (Å²) in [4.78, 5) is 18.7. The van der Waals surface area contributed by atoms with Crippen molar-refractivity contribution in [2.75, 3.05) is 24.7 Å². The van der Waals surface area contributed by atoms with Crippen molar-refractivity contribution in [3.8, 4) is 0 Å². The lowest BCUT2D eigenvalue weighted by atomic mass is 10.1. The molecule has 0 bridgehead atoms. The number of aromatic carboxylic acids is 1. The standard InChI is InChI=1S/C11H16N4O4S/c1-20(18,19)15-4-2-8(3-5-15)14-10-9(11(16)17)6-12-7-13-10/h6-8H,2-5H2,1H3,(H,16,17)(H,12,13,14). The van der Waals surface area contributed by atoms with E-state index in [0.717, 1.165) is 0 Å². The zero-order valence-electron chi connectivity index (χ0n) is 11.0. The topological polar surface area (TPSA) is 112 Å². The number of nitrogens with one attached hydrogen (secondary N) is 1. The van der Waals surface area contributed by atoms with Gasteiger partial charge in [-0.1, -0.05) is 0 Å². The van der Waals surface area contributed by atoms with Crippen LogP contribution >= 0.6 is 0 Å². The Hall–Kier alpha value is -1.74. The summed E-state index contributed by atoms with van der Waals surface area (Å²) in [6.07, 6.45) is 4.92. The van der Waals surface area contributed by atoms with Crippen molar-refractivity contribution in [2.45, 2.75) is 18.9 Å². The Bertz CT molecular complexity index is 596. The van der Waals surface area contributed by atoms with Crippen LogP contribution in [0.25, 0.3) is 0 Å². The molecule has 0 saturated carbocycles. The van der Waals surface area contributed by atoms with Crippen LogP contribution in [0, 0.1) is 0 Å². The summed E-state index contributed by atoms with van der Waals surface area (Å²) in [7, 11) is -3.16. The van der Waals surface area contributed by atoms with Gasteiger partial charge in [-0.3, -0.25) is 0 Å². The quantitative estimate of drug-likeness (QED) is 0.805. The Labute approximate surface area is 116 Å². The SMILES string of the molecule is CS(=O)(=O)N1CCC(Nc2ncncc2C(=O)O)CC1. The van der Waals surface area contributed by atoms with Crippen molar-refractivity contribution in [1.82, 2.24) is 14.3 Å². The number of carboxylic acids is 1. The molecule has 0 unspecified atom stereocenters. The van der Waals surface area contributed by atoms with Crippen LogP contribution in [0.3, 0.4) is 0 Å². The first-order valence-corrected chi connectivity index (χ1v) is 7.97. The maximum atomic E-state index is 11.4. The number of carbonyl (C=O) groups is 1. The molecule has 0 spiro atoms. The van der Waals surface area contributed by atoms with Crippen LogP contribution in [-0.2, 0) is 10.0 Å². The van der Waals surface area contributed by atoms with E-state index in [4.69, 9.17) is 5.11 Å². The van der Waals surface area contributed by atoms with E-state index in [1.165, 1.54) is 23.1 Å². The van der Waals surface area contributed by atoms with Crippen molar-refractivity contribution in [3.05, 3.63) is 18.1 Å². The lowest BCUT2D eigenvalue weighted by Gasteiger charge is -2.31. The van der Waals surface area contributed by atoms with Gasteiger partial charge in [0.1, 0.15) is 17.7 Å². The number of hydrogen-bond donors (Lipinski definition) is 2. The molecule has 110 valence electrons. The van der Waals surface area contributed by atoms with Gasteiger partial charge in [0.05, 0.1) is 6.26 Å². The normalized spacial score (nSPS) is 17.9. The predicted octanol–water partition coefficient (Wildman–Crippen LogP) is 0.0107. The molecule has 2 N–H and O–H groups in total. The molecule has 0 amide bonds. The van der Waals surface area contributed by atoms with Gasteiger partial charge in [0.15, 0.2) is 0 Å². The Morgan fingerprint density at radius 1 is 1.45 bits per heavy atom. The molecular formula is C11H16N4O4S. The second kappa shape index (κ2) is 5.71. The number of anilines is 1. The highest BCUT2D eigenvalue weighted by Gasteiger charge is 2.25. The zero-order chi connectivity index (χ0) is 14.8. The molecule has 0 atom stereocenters. The molecule has 1 aromatic rings. The summed E-state index contributed by atoms with van der Waals surface area (Å²) in [5.74, 6) is -0.827. The molecule has 0 radical (unpaired) electrons. The Morgan fingerprint density at radius 2 is 2.10 bits per heavy atom. The molecule has 0 aliphatic carbocycles. The first-order valence-electron chi connectivity index (χ1n) is 6.13. The molecule has 20 heavy (non-hydrogen) atoms. The predicted molar refractivity (Wildman–Crippen MR) is 72.1 cm³/mol. The first kappa shape index (κ1) is 14.7. The fourth-order valence-corrected chi connectivity index (χ4v) is 3.00. The van der Waals surface area contributed by atoms with Crippen molar-refractivity contribution in [1.29, 1.82) is 0 Å². The van der Waals surface area contributed by atoms with Gasteiger partial charge in [-0.2, -0.15) is 0 Å². The van der Waals surface area contributed by atoms with Crippen LogP contribution in [0.15, 0.2) is 12.5 Å². The zero-order valence-corrected chi connectivity index (χ0v) is 11.8. The minimum Gasteiger partial charge on any atom is -0.477 e. The number of carboxylic acid groups (broad SMARTS) is 1. The van der Waals surface area contributed by atoms with Crippen LogP contribution in [0.2, 0.25) is 0 Å². The summed E-state index contributed by atoms with van der Waals surface area (Å²) in [5, 5.41) is 12.1. The van der Waals surface area contributed by atoms with E-state index in [-0.39, 0.29) is 17.4 Å². The second-order valence-electron chi connectivity index (χ2n) is 4.67. The summed E-state index contributed by atoms with van der Waals surface area (Å²) >= 11 is 0. The maximum Gasteiger partial charge on any atom is 0.341 e. The van der Waals surface area contributed by atoms with Crippen LogP contribution in [-0.4, -0.2) is 59.2 Å². The summed E-state index contributed by atoms with van der Waals surface area (Å²) < 4.78 is 24.2. The summed E-state index contributed by atoms with van der Waals surface area (Å²) in [5.41, 5.74) is 0.0121. The first-order chi connectivity index (χ1) is 9.38. The van der Waals surface area contributed by atoms with E-state index in [0.29, 0.717) is 25.9 Å². The van der Waals surface area contributed by atoms with E-state index in [1.807, 2.05) is 0 Å². The van der Waals surface area contributed by atoms with Crippen LogP contribution in [0.5, 0.6) is 0 Å². The van der Waals surface area contributed by atoms with Crippen molar-refractivity contribution in [3.63, 3.8) is 0 Å². The number of hydrogen-bond acceptors (Lipinski definition) is 6. The minimum atomic E-state index is -3.16. The van der Waals surface area contributed by atoms with E-state index >= 15 is 0 Å². The number of piperidine rings is 1. The Morgan fingerprint density at radius 3 is 2.65 bits per heavy atom. The van der Waals surface area contributed by atoms with Crippen molar-refractivity contribution in [2.24, 2.45) is 0 Å². The number of rotatable bonds is 4.